The lowest BCUT2D eigenvalue weighted by Gasteiger charge is -2.21. The molecule has 13 nitrogen and oxygen atoms in total. The van der Waals surface area contributed by atoms with Gasteiger partial charge in [0.05, 0.1) is 6.04 Å². The number of carbonyl (C=O) groups excluding carboxylic acids is 3. The van der Waals surface area contributed by atoms with E-state index >= 15 is 0 Å². The Balaban J connectivity index is 1.95. The molecular weight excluding hydrogens is 608 g/mol. The average molecular weight is 659 g/mol. The van der Waals surface area contributed by atoms with E-state index in [2.05, 4.69) is 27.9 Å². The molecule has 0 bridgehead atoms. The van der Waals surface area contributed by atoms with Crippen LogP contribution < -0.4 is 27.4 Å². The predicted octanol–water partition coefficient (Wildman–Crippen LogP) is 2.08. The number of hydrogen-bond donors (Lipinski definition) is 8. The molecular formula is C32H50N6O7Si. The second-order valence-electron chi connectivity index (χ2n) is 11.6. The van der Waals surface area contributed by atoms with Crippen LogP contribution in [0, 0.1) is 0 Å². The Labute approximate surface area is 272 Å². The summed E-state index contributed by atoms with van der Waals surface area (Å²) in [6, 6.07) is 6.32. The second-order valence-corrected chi connectivity index (χ2v) is 13.0. The molecule has 2 radical (unpaired) electrons. The molecule has 3 amide bonds. The van der Waals surface area contributed by atoms with Gasteiger partial charge in [-0.15, -0.1) is 0 Å². The molecule has 0 fully saturated rings. The van der Waals surface area contributed by atoms with Crippen molar-refractivity contribution in [3.63, 3.8) is 0 Å². The number of unbranched alkanes of at least 4 members (excludes halogenated alkanes) is 3. The summed E-state index contributed by atoms with van der Waals surface area (Å²) in [7, 11) is 0.591. The maximum atomic E-state index is 13.3. The van der Waals surface area contributed by atoms with E-state index in [4.69, 9.17) is 16.6 Å². The molecule has 0 saturated heterocycles. The van der Waals surface area contributed by atoms with Crippen LogP contribution in [-0.4, -0.2) is 85.1 Å². The van der Waals surface area contributed by atoms with Crippen molar-refractivity contribution in [1.82, 2.24) is 20.9 Å². The zero-order valence-electron chi connectivity index (χ0n) is 26.7. The van der Waals surface area contributed by atoms with Crippen molar-refractivity contribution in [2.45, 2.75) is 114 Å². The van der Waals surface area contributed by atoms with E-state index in [0.717, 1.165) is 41.4 Å². The molecule has 0 aliphatic heterocycles. The van der Waals surface area contributed by atoms with Gasteiger partial charge in [-0.25, -0.2) is 4.79 Å². The molecule has 1 aromatic carbocycles. The standard InChI is InChI=1S/C32H50N6O7Si/c1-2-3-4-5-9-22(33)20-46-17-15-24(34)30(42)38-27(18-21-19-36-25-11-7-6-10-23(21)25)31(43)35-16-14-26(32(44)45)37-28(39)12-8-13-29(40)41/h6-7,10-11,19,22,24,26-27,36H,2-5,8-9,12-18,20,33-34H2,1H3,(H,35,43)(H,37,39)(H,38,42)(H,40,41)(H,44,45)/t22-,24-,26+,27+/m0/s1. The molecule has 14 heteroatoms. The topological polar surface area (TPSA) is 230 Å². The lowest BCUT2D eigenvalue weighted by Crippen LogP contribution is -2.53. The molecule has 0 aliphatic carbocycles. The second kappa shape index (κ2) is 21.1. The maximum Gasteiger partial charge on any atom is 0.326 e. The number of aromatic nitrogens is 1. The van der Waals surface area contributed by atoms with E-state index in [1.807, 2.05) is 24.3 Å². The number of carboxylic acids is 2. The summed E-state index contributed by atoms with van der Waals surface area (Å²) in [6.45, 7) is 2.09. The van der Waals surface area contributed by atoms with Crippen LogP contribution in [0.3, 0.4) is 0 Å². The third kappa shape index (κ3) is 14.6. The van der Waals surface area contributed by atoms with Gasteiger partial charge in [0.15, 0.2) is 0 Å². The number of H-pyrrole nitrogens is 1. The highest BCUT2D eigenvalue weighted by Gasteiger charge is 2.26. The lowest BCUT2D eigenvalue weighted by molar-refractivity contribution is -0.142. The Bertz CT molecular complexity index is 1270. The highest BCUT2D eigenvalue weighted by atomic mass is 28.2. The van der Waals surface area contributed by atoms with Gasteiger partial charge >= 0.3 is 11.9 Å². The van der Waals surface area contributed by atoms with Gasteiger partial charge in [0, 0.05) is 58.5 Å². The molecule has 10 N–H and O–H groups in total. The third-order valence-corrected chi connectivity index (χ3v) is 9.15. The van der Waals surface area contributed by atoms with Gasteiger partial charge < -0.3 is 42.6 Å². The molecule has 1 heterocycles. The highest BCUT2D eigenvalue weighted by molar-refractivity contribution is 6.35. The summed E-state index contributed by atoms with van der Waals surface area (Å²) < 4.78 is 0. The van der Waals surface area contributed by atoms with Gasteiger partial charge in [-0.1, -0.05) is 56.9 Å². The van der Waals surface area contributed by atoms with Gasteiger partial charge in [-0.2, -0.15) is 0 Å². The SMILES string of the molecule is CCCCCC[C@H](N)C[Si]CC[C@H](N)C(=O)N[C@H](Cc1c[nH]c2ccccc12)C(=O)NCC[C@@H](NC(=O)CCCC(=O)O)C(=O)O. The number of aromatic amines is 1. The quantitative estimate of drug-likeness (QED) is 0.0609. The highest BCUT2D eigenvalue weighted by Crippen LogP contribution is 2.19. The number of carboxylic acid groups (broad SMARTS) is 2. The molecule has 0 unspecified atom stereocenters. The minimum Gasteiger partial charge on any atom is -0.481 e. The van der Waals surface area contributed by atoms with Crippen LogP contribution in [0.2, 0.25) is 12.1 Å². The van der Waals surface area contributed by atoms with Crippen LogP contribution >= 0.6 is 0 Å². The number of fused-ring (bicyclic) bond motifs is 1. The lowest BCUT2D eigenvalue weighted by atomic mass is 10.0. The first-order chi connectivity index (χ1) is 22.0. The Hall–Kier alpha value is -3.75. The normalized spacial score (nSPS) is 13.8. The van der Waals surface area contributed by atoms with Gasteiger partial charge in [-0.3, -0.25) is 19.2 Å². The summed E-state index contributed by atoms with van der Waals surface area (Å²) in [4.78, 5) is 64.0. The fourth-order valence-electron chi connectivity index (χ4n) is 5.01. The van der Waals surface area contributed by atoms with Crippen molar-refractivity contribution < 1.29 is 34.2 Å². The molecule has 2 rings (SSSR count). The van der Waals surface area contributed by atoms with Crippen LogP contribution in [0.1, 0.15) is 76.7 Å². The third-order valence-electron chi connectivity index (χ3n) is 7.70. The van der Waals surface area contributed by atoms with Crippen molar-refractivity contribution >= 4 is 50.1 Å². The smallest absolute Gasteiger partial charge is 0.326 e. The molecule has 2 aromatic rings. The largest absolute Gasteiger partial charge is 0.481 e. The predicted molar refractivity (Wildman–Crippen MR) is 177 cm³/mol. The number of nitrogens with one attached hydrogen (secondary N) is 4. The number of hydrogen-bond acceptors (Lipinski definition) is 7. The monoisotopic (exact) mass is 658 g/mol. The molecule has 4 atom stereocenters. The van der Waals surface area contributed by atoms with Crippen molar-refractivity contribution in [2.75, 3.05) is 6.54 Å². The summed E-state index contributed by atoms with van der Waals surface area (Å²) >= 11 is 0. The van der Waals surface area contributed by atoms with Crippen molar-refractivity contribution in [1.29, 1.82) is 0 Å². The molecule has 0 spiro atoms. The minimum atomic E-state index is -1.28. The number of para-hydroxylation sites is 1. The van der Waals surface area contributed by atoms with Crippen molar-refractivity contribution in [3.05, 3.63) is 36.0 Å². The van der Waals surface area contributed by atoms with E-state index in [1.165, 1.54) is 19.3 Å². The van der Waals surface area contributed by atoms with Crippen LogP contribution in [-0.2, 0) is 30.4 Å². The first kappa shape index (κ1) is 38.4. The van der Waals surface area contributed by atoms with E-state index < -0.39 is 47.8 Å². The summed E-state index contributed by atoms with van der Waals surface area (Å²) in [5.41, 5.74) is 14.2. The Kier molecular flexibility index (Phi) is 17.6. The summed E-state index contributed by atoms with van der Waals surface area (Å²) in [6.07, 6.45) is 7.76. The van der Waals surface area contributed by atoms with E-state index in [-0.39, 0.29) is 44.7 Å². The average Bonchev–Trinajstić information content (AvgIpc) is 3.42. The van der Waals surface area contributed by atoms with Gasteiger partial charge in [-0.05, 0) is 43.4 Å². The van der Waals surface area contributed by atoms with Gasteiger partial charge in [0.1, 0.15) is 12.1 Å². The Morgan fingerprint density at radius 1 is 0.891 bits per heavy atom. The van der Waals surface area contributed by atoms with Crippen LogP contribution in [0.25, 0.3) is 10.9 Å². The van der Waals surface area contributed by atoms with E-state index in [0.29, 0.717) is 15.9 Å². The van der Waals surface area contributed by atoms with Crippen LogP contribution in [0.5, 0.6) is 0 Å². The van der Waals surface area contributed by atoms with Crippen LogP contribution in [0.4, 0.5) is 0 Å². The maximum absolute atomic E-state index is 13.3. The molecule has 46 heavy (non-hydrogen) atoms. The zero-order chi connectivity index (χ0) is 33.9. The van der Waals surface area contributed by atoms with Gasteiger partial charge in [0.25, 0.3) is 0 Å². The number of aliphatic carboxylic acids is 2. The molecule has 254 valence electrons. The first-order valence-electron chi connectivity index (χ1n) is 16.1. The number of nitrogens with two attached hydrogens (primary N) is 2. The van der Waals surface area contributed by atoms with E-state index in [1.54, 1.807) is 6.20 Å². The van der Waals surface area contributed by atoms with E-state index in [9.17, 15) is 29.1 Å². The summed E-state index contributed by atoms with van der Waals surface area (Å²) in [5, 5.41) is 27.0. The molecule has 0 aliphatic rings. The minimum absolute atomic E-state index is 0.0781. The molecule has 0 saturated carbocycles. The van der Waals surface area contributed by atoms with Crippen molar-refractivity contribution in [2.24, 2.45) is 11.5 Å². The summed E-state index contributed by atoms with van der Waals surface area (Å²) in [5.74, 6) is -3.89. The Morgan fingerprint density at radius 2 is 1.65 bits per heavy atom. The zero-order valence-corrected chi connectivity index (χ0v) is 27.7. The van der Waals surface area contributed by atoms with Gasteiger partial charge in [0.2, 0.25) is 17.7 Å². The van der Waals surface area contributed by atoms with Crippen LogP contribution in [0.15, 0.2) is 30.5 Å². The fraction of sp³-hybridized carbons (Fsp3) is 0.594. The first-order valence-corrected chi connectivity index (χ1v) is 17.5. The number of carbonyl (C=O) groups is 5. The molecule has 1 aromatic heterocycles. The number of rotatable bonds is 24. The van der Waals surface area contributed by atoms with Crippen molar-refractivity contribution in [3.8, 4) is 0 Å². The number of benzene rings is 1. The number of amides is 3. The Morgan fingerprint density at radius 3 is 2.37 bits per heavy atom. The fourth-order valence-corrected chi connectivity index (χ4v) is 6.30.